The molecule has 12 heavy (non-hydrogen) atoms. The molecule has 0 bridgehead atoms. The second kappa shape index (κ2) is 3.55. The second-order valence-corrected chi connectivity index (χ2v) is 2.54. The topological polar surface area (TPSA) is 75.1 Å². The Morgan fingerprint density at radius 2 is 2.25 bits per heavy atom. The van der Waals surface area contributed by atoms with Crippen LogP contribution in [0.1, 0.15) is 0 Å². The molecular weight excluding hydrogens is 184 g/mol. The first kappa shape index (κ1) is 9.02. The lowest BCUT2D eigenvalue weighted by molar-refractivity contribution is 0.271. The number of aliphatic hydroxyl groups excluding tert-OH is 1. The number of nitrogens with one attached hydrogen (secondary N) is 1. The molecule has 1 aromatic rings. The predicted octanol–water partition coefficient (Wildman–Crippen LogP) is -0.818. The standard InChI is InChI=1S/C6H7ClN2O3/c7-4-3-5(11)9(1-2-10)6(12)8-4/h3,10H,1-2H2,(H,8,12). The van der Waals surface area contributed by atoms with Gasteiger partial charge in [0.15, 0.2) is 0 Å². The van der Waals surface area contributed by atoms with Crippen LogP contribution in [0.15, 0.2) is 15.7 Å². The highest BCUT2D eigenvalue weighted by atomic mass is 35.5. The minimum atomic E-state index is -0.610. The van der Waals surface area contributed by atoms with Crippen molar-refractivity contribution in [1.29, 1.82) is 0 Å². The summed E-state index contributed by atoms with van der Waals surface area (Å²) < 4.78 is 0.867. The number of aromatic amines is 1. The molecule has 6 heteroatoms. The third-order valence-corrected chi connectivity index (χ3v) is 1.51. The van der Waals surface area contributed by atoms with E-state index >= 15 is 0 Å². The fraction of sp³-hybridized carbons (Fsp3) is 0.333. The zero-order valence-corrected chi connectivity index (χ0v) is 6.84. The SMILES string of the molecule is O=c1cc(Cl)[nH]c(=O)n1CCO. The van der Waals surface area contributed by atoms with E-state index in [9.17, 15) is 9.59 Å². The molecule has 0 aliphatic carbocycles. The summed E-state index contributed by atoms with van der Waals surface area (Å²) in [4.78, 5) is 24.2. The average Bonchev–Trinajstić information content (AvgIpc) is 1.96. The highest BCUT2D eigenvalue weighted by Gasteiger charge is 2.00. The Morgan fingerprint density at radius 3 is 2.75 bits per heavy atom. The molecule has 0 amide bonds. The van der Waals surface area contributed by atoms with Crippen LogP contribution in [-0.4, -0.2) is 21.3 Å². The molecule has 2 N–H and O–H groups in total. The Kier molecular flexibility index (Phi) is 2.67. The Bertz CT molecular complexity index is 350. The van der Waals surface area contributed by atoms with E-state index in [1.807, 2.05) is 0 Å². The second-order valence-electron chi connectivity index (χ2n) is 2.14. The van der Waals surface area contributed by atoms with Crippen LogP contribution in [0.5, 0.6) is 0 Å². The van der Waals surface area contributed by atoms with Gasteiger partial charge in [-0.2, -0.15) is 0 Å². The molecule has 0 saturated carbocycles. The molecule has 0 spiro atoms. The van der Waals surface area contributed by atoms with Crippen molar-refractivity contribution in [2.45, 2.75) is 6.54 Å². The zero-order chi connectivity index (χ0) is 9.14. The maximum Gasteiger partial charge on any atom is 0.329 e. The van der Waals surface area contributed by atoms with E-state index in [4.69, 9.17) is 16.7 Å². The minimum absolute atomic E-state index is 0.000750. The van der Waals surface area contributed by atoms with E-state index in [2.05, 4.69) is 4.98 Å². The van der Waals surface area contributed by atoms with E-state index < -0.39 is 11.2 Å². The monoisotopic (exact) mass is 190 g/mol. The first-order valence-electron chi connectivity index (χ1n) is 3.25. The molecule has 0 aliphatic rings. The van der Waals surface area contributed by atoms with Gasteiger partial charge in [-0.05, 0) is 0 Å². The normalized spacial score (nSPS) is 10.2. The predicted molar refractivity (Wildman–Crippen MR) is 43.4 cm³/mol. The molecule has 0 aromatic carbocycles. The Hall–Kier alpha value is -1.07. The van der Waals surface area contributed by atoms with Gasteiger partial charge in [-0.1, -0.05) is 11.6 Å². The Morgan fingerprint density at radius 1 is 1.58 bits per heavy atom. The number of hydrogen-bond donors (Lipinski definition) is 2. The Balaban J connectivity index is 3.29. The van der Waals surface area contributed by atoms with Crippen molar-refractivity contribution in [2.75, 3.05) is 6.61 Å². The van der Waals surface area contributed by atoms with Crippen LogP contribution < -0.4 is 11.2 Å². The third-order valence-electron chi connectivity index (χ3n) is 1.31. The van der Waals surface area contributed by atoms with Crippen LogP contribution in [0, 0.1) is 0 Å². The van der Waals surface area contributed by atoms with Gasteiger partial charge in [-0.15, -0.1) is 0 Å². The summed E-state index contributed by atoms with van der Waals surface area (Å²) in [6, 6.07) is 1.08. The van der Waals surface area contributed by atoms with Gasteiger partial charge in [-0.25, -0.2) is 4.79 Å². The summed E-state index contributed by atoms with van der Waals surface area (Å²) in [5, 5.41) is 8.49. The van der Waals surface area contributed by atoms with Crippen LogP contribution >= 0.6 is 11.6 Å². The van der Waals surface area contributed by atoms with Crippen molar-refractivity contribution in [3.05, 3.63) is 32.1 Å². The van der Waals surface area contributed by atoms with Gasteiger partial charge >= 0.3 is 5.69 Å². The van der Waals surface area contributed by atoms with E-state index in [1.54, 1.807) is 0 Å². The summed E-state index contributed by atoms with van der Waals surface area (Å²) in [6.07, 6.45) is 0. The van der Waals surface area contributed by atoms with E-state index in [0.717, 1.165) is 10.6 Å². The summed E-state index contributed by atoms with van der Waals surface area (Å²) in [5.41, 5.74) is -1.13. The molecule has 0 aliphatic heterocycles. The number of hydrogen-bond acceptors (Lipinski definition) is 3. The minimum Gasteiger partial charge on any atom is -0.395 e. The maximum atomic E-state index is 11.0. The third kappa shape index (κ3) is 1.75. The zero-order valence-electron chi connectivity index (χ0n) is 6.08. The molecule has 5 nitrogen and oxygen atoms in total. The van der Waals surface area contributed by atoms with Gasteiger partial charge < -0.3 is 5.11 Å². The molecule has 0 saturated heterocycles. The molecule has 1 rings (SSSR count). The quantitative estimate of drug-likeness (QED) is 0.599. The van der Waals surface area contributed by atoms with Crippen LogP contribution in [0.2, 0.25) is 5.15 Å². The number of aromatic nitrogens is 2. The number of halogens is 1. The number of H-pyrrole nitrogens is 1. The number of nitrogens with zero attached hydrogens (tertiary/aromatic N) is 1. The van der Waals surface area contributed by atoms with Crippen molar-refractivity contribution >= 4 is 11.6 Å². The molecule has 1 aromatic heterocycles. The smallest absolute Gasteiger partial charge is 0.329 e. The molecule has 1 heterocycles. The van der Waals surface area contributed by atoms with Gasteiger partial charge in [0.25, 0.3) is 5.56 Å². The van der Waals surface area contributed by atoms with E-state index in [0.29, 0.717) is 0 Å². The summed E-state index contributed by atoms with van der Waals surface area (Å²) in [6.45, 7) is -0.282. The van der Waals surface area contributed by atoms with Gasteiger partial charge in [0, 0.05) is 6.07 Å². The molecule has 0 atom stereocenters. The lowest BCUT2D eigenvalue weighted by atomic mass is 10.6. The molecule has 0 radical (unpaired) electrons. The number of rotatable bonds is 2. The molecule has 0 fully saturated rings. The van der Waals surface area contributed by atoms with Gasteiger partial charge in [-0.3, -0.25) is 14.3 Å². The highest BCUT2D eigenvalue weighted by molar-refractivity contribution is 6.29. The van der Waals surface area contributed by atoms with Gasteiger partial charge in [0.2, 0.25) is 0 Å². The van der Waals surface area contributed by atoms with E-state index in [1.165, 1.54) is 0 Å². The Labute approximate surface area is 72.2 Å². The largest absolute Gasteiger partial charge is 0.395 e. The van der Waals surface area contributed by atoms with Gasteiger partial charge in [0.1, 0.15) is 5.15 Å². The van der Waals surface area contributed by atoms with E-state index in [-0.39, 0.29) is 18.3 Å². The van der Waals surface area contributed by atoms with Crippen LogP contribution in [0.4, 0.5) is 0 Å². The molecule has 0 unspecified atom stereocenters. The fourth-order valence-corrected chi connectivity index (χ4v) is 0.978. The highest BCUT2D eigenvalue weighted by Crippen LogP contribution is 1.92. The van der Waals surface area contributed by atoms with Crippen molar-refractivity contribution in [1.82, 2.24) is 9.55 Å². The fourth-order valence-electron chi connectivity index (χ4n) is 0.804. The van der Waals surface area contributed by atoms with Crippen LogP contribution in [0.25, 0.3) is 0 Å². The average molecular weight is 191 g/mol. The summed E-state index contributed by atoms with van der Waals surface area (Å²) >= 11 is 5.39. The lowest BCUT2D eigenvalue weighted by Crippen LogP contribution is -2.35. The van der Waals surface area contributed by atoms with Crippen molar-refractivity contribution in [3.63, 3.8) is 0 Å². The summed E-state index contributed by atoms with van der Waals surface area (Å²) in [5.74, 6) is 0. The molecule has 66 valence electrons. The van der Waals surface area contributed by atoms with Crippen molar-refractivity contribution < 1.29 is 5.11 Å². The molecular formula is C6H7ClN2O3. The van der Waals surface area contributed by atoms with Crippen LogP contribution in [-0.2, 0) is 6.54 Å². The maximum absolute atomic E-state index is 11.0. The van der Waals surface area contributed by atoms with Gasteiger partial charge in [0.05, 0.1) is 13.2 Å². The first-order chi connectivity index (χ1) is 5.65. The van der Waals surface area contributed by atoms with Crippen LogP contribution in [0.3, 0.4) is 0 Å². The van der Waals surface area contributed by atoms with Crippen molar-refractivity contribution in [3.8, 4) is 0 Å². The lowest BCUT2D eigenvalue weighted by Gasteiger charge is -1.99. The summed E-state index contributed by atoms with van der Waals surface area (Å²) in [7, 11) is 0. The van der Waals surface area contributed by atoms with Crippen molar-refractivity contribution in [2.24, 2.45) is 0 Å². The number of aliphatic hydroxyl groups is 1. The first-order valence-corrected chi connectivity index (χ1v) is 3.63.